The molecule has 1 saturated heterocycles. The highest BCUT2D eigenvalue weighted by molar-refractivity contribution is 7.89. The first-order valence-corrected chi connectivity index (χ1v) is 10.3. The molecule has 1 fully saturated rings. The van der Waals surface area contributed by atoms with E-state index in [2.05, 4.69) is 5.32 Å². The zero-order valence-electron chi connectivity index (χ0n) is 14.6. The largest absolute Gasteiger partial charge is 0.485 e. The van der Waals surface area contributed by atoms with Crippen molar-refractivity contribution in [2.75, 3.05) is 25.0 Å². The van der Waals surface area contributed by atoms with E-state index in [0.29, 0.717) is 30.3 Å². The van der Waals surface area contributed by atoms with E-state index in [0.717, 1.165) is 12.8 Å². The van der Waals surface area contributed by atoms with Gasteiger partial charge in [-0.15, -0.1) is 0 Å². The van der Waals surface area contributed by atoms with Gasteiger partial charge in [0.25, 0.3) is 5.91 Å². The smallest absolute Gasteiger partial charge is 0.269 e. The molecule has 0 radical (unpaired) electrons. The van der Waals surface area contributed by atoms with Crippen LogP contribution in [0.4, 0.5) is 5.69 Å². The predicted molar refractivity (Wildman–Crippen MR) is 99.4 cm³/mol. The summed E-state index contributed by atoms with van der Waals surface area (Å²) in [7, 11) is -3.54. The van der Waals surface area contributed by atoms with E-state index in [9.17, 15) is 13.2 Å². The van der Waals surface area contributed by atoms with Crippen LogP contribution in [-0.4, -0.2) is 44.4 Å². The average Bonchev–Trinajstić information content (AvgIpc) is 3.23. The van der Waals surface area contributed by atoms with Crippen LogP contribution in [0.3, 0.4) is 0 Å². The second-order valence-corrected chi connectivity index (χ2v) is 8.43. The summed E-state index contributed by atoms with van der Waals surface area (Å²) in [5, 5.41) is 2.72. The Morgan fingerprint density at radius 1 is 1.04 bits per heavy atom. The quantitative estimate of drug-likeness (QED) is 0.868. The monoisotopic (exact) mass is 388 g/mol. The molecule has 2 aromatic carbocycles. The topological polar surface area (TPSA) is 84.9 Å². The predicted octanol–water partition coefficient (Wildman–Crippen LogP) is 2.25. The van der Waals surface area contributed by atoms with E-state index in [1.165, 1.54) is 10.4 Å². The molecule has 2 aliphatic heterocycles. The molecule has 1 unspecified atom stereocenters. The van der Waals surface area contributed by atoms with Crippen molar-refractivity contribution in [2.45, 2.75) is 23.8 Å². The summed E-state index contributed by atoms with van der Waals surface area (Å²) in [4.78, 5) is 12.7. The van der Waals surface area contributed by atoms with Gasteiger partial charge in [0.2, 0.25) is 16.1 Å². The molecule has 2 heterocycles. The van der Waals surface area contributed by atoms with Gasteiger partial charge in [-0.2, -0.15) is 4.31 Å². The molecule has 142 valence electrons. The second kappa shape index (κ2) is 7.21. The van der Waals surface area contributed by atoms with Crippen molar-refractivity contribution in [1.82, 2.24) is 4.31 Å². The van der Waals surface area contributed by atoms with Crippen molar-refractivity contribution in [2.24, 2.45) is 0 Å². The van der Waals surface area contributed by atoms with E-state index < -0.39 is 16.1 Å². The summed E-state index contributed by atoms with van der Waals surface area (Å²) in [5.74, 6) is 0.717. The number of sulfonamides is 1. The molecule has 0 aromatic heterocycles. The number of amides is 1. The van der Waals surface area contributed by atoms with E-state index in [4.69, 9.17) is 9.47 Å². The third-order valence-electron chi connectivity index (χ3n) is 4.61. The van der Waals surface area contributed by atoms with Crippen molar-refractivity contribution in [3.63, 3.8) is 0 Å². The van der Waals surface area contributed by atoms with Gasteiger partial charge in [-0.3, -0.25) is 4.79 Å². The van der Waals surface area contributed by atoms with Crippen LogP contribution in [0.1, 0.15) is 12.8 Å². The van der Waals surface area contributed by atoms with Gasteiger partial charge in [0.1, 0.15) is 6.61 Å². The molecule has 0 spiro atoms. The number of ether oxygens (including phenoxy) is 2. The maximum absolute atomic E-state index is 12.7. The van der Waals surface area contributed by atoms with Crippen LogP contribution >= 0.6 is 0 Å². The number of benzene rings is 2. The maximum Gasteiger partial charge on any atom is 0.269 e. The van der Waals surface area contributed by atoms with Gasteiger partial charge in [-0.25, -0.2) is 8.42 Å². The third kappa shape index (κ3) is 3.63. The second-order valence-electron chi connectivity index (χ2n) is 6.49. The molecule has 1 atom stereocenters. The highest BCUT2D eigenvalue weighted by Gasteiger charge is 2.29. The van der Waals surface area contributed by atoms with Crippen LogP contribution in [0.2, 0.25) is 0 Å². The number of nitrogens with one attached hydrogen (secondary N) is 1. The molecule has 1 amide bonds. The van der Waals surface area contributed by atoms with Gasteiger partial charge in [0, 0.05) is 18.8 Å². The minimum absolute atomic E-state index is 0.0919. The van der Waals surface area contributed by atoms with E-state index in [-0.39, 0.29) is 17.4 Å². The highest BCUT2D eigenvalue weighted by Crippen LogP contribution is 2.31. The Balaban J connectivity index is 1.48. The summed E-state index contributed by atoms with van der Waals surface area (Å²) in [6, 6.07) is 13.4. The molecular weight excluding hydrogens is 368 g/mol. The summed E-state index contributed by atoms with van der Waals surface area (Å²) < 4.78 is 38.1. The Morgan fingerprint density at radius 3 is 2.56 bits per heavy atom. The lowest BCUT2D eigenvalue weighted by atomic mass is 10.2. The van der Waals surface area contributed by atoms with Crippen molar-refractivity contribution in [3.8, 4) is 11.5 Å². The summed E-state index contributed by atoms with van der Waals surface area (Å²) in [5.41, 5.74) is 0.405. The van der Waals surface area contributed by atoms with Crippen molar-refractivity contribution in [1.29, 1.82) is 0 Å². The number of fused-ring (bicyclic) bond motifs is 1. The summed E-state index contributed by atoms with van der Waals surface area (Å²) in [6.45, 7) is 1.16. The maximum atomic E-state index is 12.7. The number of anilines is 1. The van der Waals surface area contributed by atoms with Gasteiger partial charge < -0.3 is 14.8 Å². The first kappa shape index (κ1) is 17.8. The molecule has 0 saturated carbocycles. The van der Waals surface area contributed by atoms with Crippen LogP contribution in [0, 0.1) is 0 Å². The molecule has 2 aromatic rings. The normalized spacial score (nSPS) is 19.6. The number of carbonyl (C=O) groups is 1. The van der Waals surface area contributed by atoms with Gasteiger partial charge in [0.05, 0.1) is 4.90 Å². The fraction of sp³-hybridized carbons (Fsp3) is 0.316. The first-order chi connectivity index (χ1) is 13.0. The van der Waals surface area contributed by atoms with Crippen LogP contribution in [-0.2, 0) is 14.8 Å². The number of carbonyl (C=O) groups excluding carboxylic acids is 1. The van der Waals surface area contributed by atoms with E-state index in [1.54, 1.807) is 36.4 Å². The van der Waals surface area contributed by atoms with Crippen LogP contribution in [0.15, 0.2) is 53.4 Å². The van der Waals surface area contributed by atoms with Gasteiger partial charge in [0.15, 0.2) is 11.5 Å². The Morgan fingerprint density at radius 2 is 1.78 bits per heavy atom. The standard InChI is InChI=1S/C19H20N2O5S/c22-19(18-13-25-16-8-1-2-9-17(16)26-18)20-14-6-5-7-15(12-14)27(23,24)21-10-3-4-11-21/h1-2,5-9,12,18H,3-4,10-11,13H2,(H,20,22). The minimum Gasteiger partial charge on any atom is -0.485 e. The molecular formula is C19H20N2O5S. The zero-order valence-corrected chi connectivity index (χ0v) is 15.4. The fourth-order valence-corrected chi connectivity index (χ4v) is 4.75. The van der Waals surface area contributed by atoms with Crippen LogP contribution in [0.5, 0.6) is 11.5 Å². The SMILES string of the molecule is O=C(Nc1cccc(S(=O)(=O)N2CCCC2)c1)C1COc2ccccc2O1. The molecule has 0 aliphatic carbocycles. The van der Waals surface area contributed by atoms with Crippen LogP contribution < -0.4 is 14.8 Å². The molecule has 4 rings (SSSR count). The lowest BCUT2D eigenvalue weighted by Crippen LogP contribution is -2.40. The van der Waals surface area contributed by atoms with E-state index >= 15 is 0 Å². The van der Waals surface area contributed by atoms with Crippen molar-refractivity contribution < 1.29 is 22.7 Å². The Hall–Kier alpha value is -2.58. The number of para-hydroxylation sites is 2. The molecule has 8 heteroatoms. The summed E-state index contributed by atoms with van der Waals surface area (Å²) in [6.07, 6.45) is 0.936. The number of rotatable bonds is 4. The first-order valence-electron chi connectivity index (χ1n) is 8.83. The Kier molecular flexibility index (Phi) is 4.75. The van der Waals surface area contributed by atoms with Gasteiger partial charge in [-0.1, -0.05) is 18.2 Å². The lowest BCUT2D eigenvalue weighted by molar-refractivity contribution is -0.125. The molecule has 7 nitrogen and oxygen atoms in total. The molecule has 27 heavy (non-hydrogen) atoms. The average molecular weight is 388 g/mol. The number of nitrogens with zero attached hydrogens (tertiary/aromatic N) is 1. The third-order valence-corrected chi connectivity index (χ3v) is 6.50. The van der Waals surface area contributed by atoms with Crippen LogP contribution in [0.25, 0.3) is 0 Å². The van der Waals surface area contributed by atoms with E-state index in [1.807, 2.05) is 6.07 Å². The Labute approximate surface area is 157 Å². The Bertz CT molecular complexity index is 954. The number of hydrogen-bond acceptors (Lipinski definition) is 5. The highest BCUT2D eigenvalue weighted by atomic mass is 32.2. The zero-order chi connectivity index (χ0) is 18.9. The van der Waals surface area contributed by atoms with Crippen molar-refractivity contribution in [3.05, 3.63) is 48.5 Å². The van der Waals surface area contributed by atoms with Gasteiger partial charge >= 0.3 is 0 Å². The summed E-state index contributed by atoms with van der Waals surface area (Å²) >= 11 is 0. The lowest BCUT2D eigenvalue weighted by Gasteiger charge is -2.25. The molecule has 2 aliphatic rings. The number of hydrogen-bond donors (Lipinski definition) is 1. The molecule has 0 bridgehead atoms. The van der Waals surface area contributed by atoms with Gasteiger partial charge in [-0.05, 0) is 43.2 Å². The van der Waals surface area contributed by atoms with Crippen molar-refractivity contribution >= 4 is 21.6 Å². The minimum atomic E-state index is -3.54. The fourth-order valence-electron chi connectivity index (χ4n) is 3.18. The molecule has 1 N–H and O–H groups in total.